The highest BCUT2D eigenvalue weighted by atomic mass is 32.1. The Kier molecular flexibility index (Phi) is 5.67. The summed E-state index contributed by atoms with van der Waals surface area (Å²) >= 11 is 4.90. The molecule has 0 saturated carbocycles. The lowest BCUT2D eigenvalue weighted by molar-refractivity contribution is -0.121. The molecule has 0 saturated heterocycles. The summed E-state index contributed by atoms with van der Waals surface area (Å²) in [6.45, 7) is 0. The molecule has 1 aromatic carbocycles. The number of benzene rings is 1. The van der Waals surface area contributed by atoms with Crippen LogP contribution in [-0.2, 0) is 11.2 Å². The molecule has 0 atom stereocenters. The van der Waals surface area contributed by atoms with Crippen molar-refractivity contribution in [2.24, 2.45) is 0 Å². The highest BCUT2D eigenvalue weighted by Crippen LogP contribution is 2.01. The average Bonchev–Trinajstić information content (AvgIpc) is 3.06. The molecule has 2 amide bonds. The van der Waals surface area contributed by atoms with Crippen molar-refractivity contribution in [3.63, 3.8) is 0 Å². The fourth-order valence-electron chi connectivity index (χ4n) is 1.70. The van der Waals surface area contributed by atoms with E-state index in [1.54, 1.807) is 6.07 Å². The van der Waals surface area contributed by atoms with E-state index in [-0.39, 0.29) is 16.8 Å². The van der Waals surface area contributed by atoms with Gasteiger partial charge in [0.1, 0.15) is 0 Å². The van der Waals surface area contributed by atoms with Gasteiger partial charge >= 0.3 is 0 Å². The third-order valence-electron chi connectivity index (χ3n) is 2.77. The van der Waals surface area contributed by atoms with Crippen molar-refractivity contribution < 1.29 is 14.0 Å². The van der Waals surface area contributed by atoms with E-state index in [1.165, 1.54) is 12.3 Å². The van der Waals surface area contributed by atoms with E-state index in [0.717, 1.165) is 5.56 Å². The molecule has 114 valence electrons. The number of nitrogens with one attached hydrogen (secondary N) is 3. The molecule has 6 nitrogen and oxygen atoms in total. The molecule has 22 heavy (non-hydrogen) atoms. The van der Waals surface area contributed by atoms with Gasteiger partial charge in [0.05, 0.1) is 6.26 Å². The molecule has 0 aliphatic heterocycles. The summed E-state index contributed by atoms with van der Waals surface area (Å²) in [5.74, 6) is -0.570. The fourth-order valence-corrected chi connectivity index (χ4v) is 1.84. The van der Waals surface area contributed by atoms with Gasteiger partial charge in [0.15, 0.2) is 10.9 Å². The Morgan fingerprint density at radius 2 is 1.82 bits per heavy atom. The summed E-state index contributed by atoms with van der Waals surface area (Å²) in [6, 6.07) is 12.8. The van der Waals surface area contributed by atoms with Gasteiger partial charge in [0, 0.05) is 6.42 Å². The van der Waals surface area contributed by atoms with Crippen LogP contribution in [0.3, 0.4) is 0 Å². The highest BCUT2D eigenvalue weighted by Gasteiger charge is 2.10. The van der Waals surface area contributed by atoms with Crippen LogP contribution in [0.1, 0.15) is 22.5 Å². The number of aryl methyl sites for hydroxylation is 1. The molecular weight excluding hydrogens is 302 g/mol. The van der Waals surface area contributed by atoms with Gasteiger partial charge in [-0.25, -0.2) is 0 Å². The molecule has 0 spiro atoms. The molecular formula is C15H15N3O3S. The van der Waals surface area contributed by atoms with E-state index in [4.69, 9.17) is 16.6 Å². The van der Waals surface area contributed by atoms with Gasteiger partial charge in [-0.3, -0.25) is 25.8 Å². The third-order valence-corrected chi connectivity index (χ3v) is 2.98. The summed E-state index contributed by atoms with van der Waals surface area (Å²) in [6.07, 6.45) is 2.32. The van der Waals surface area contributed by atoms with Gasteiger partial charge in [-0.05, 0) is 36.3 Å². The fraction of sp³-hybridized carbons (Fsp3) is 0.133. The predicted molar refractivity (Wildman–Crippen MR) is 84.8 cm³/mol. The minimum Gasteiger partial charge on any atom is -0.459 e. The predicted octanol–water partition coefficient (Wildman–Crippen LogP) is 1.55. The van der Waals surface area contributed by atoms with Crippen molar-refractivity contribution in [2.75, 3.05) is 0 Å². The highest BCUT2D eigenvalue weighted by molar-refractivity contribution is 7.80. The van der Waals surface area contributed by atoms with Gasteiger partial charge in [0.2, 0.25) is 5.91 Å². The van der Waals surface area contributed by atoms with E-state index in [2.05, 4.69) is 16.2 Å². The minimum atomic E-state index is -0.485. The van der Waals surface area contributed by atoms with Crippen molar-refractivity contribution in [1.82, 2.24) is 16.2 Å². The first-order chi connectivity index (χ1) is 10.6. The van der Waals surface area contributed by atoms with Gasteiger partial charge in [0.25, 0.3) is 5.91 Å². The largest absolute Gasteiger partial charge is 0.459 e. The zero-order chi connectivity index (χ0) is 15.8. The summed E-state index contributed by atoms with van der Waals surface area (Å²) < 4.78 is 4.92. The smallest absolute Gasteiger partial charge is 0.293 e. The second kappa shape index (κ2) is 7.94. The third kappa shape index (κ3) is 5.02. The van der Waals surface area contributed by atoms with Crippen molar-refractivity contribution in [1.29, 1.82) is 0 Å². The Morgan fingerprint density at radius 1 is 1.05 bits per heavy atom. The summed E-state index contributed by atoms with van der Waals surface area (Å²) in [7, 11) is 0. The normalized spacial score (nSPS) is 9.82. The molecule has 2 rings (SSSR count). The number of hydrazine groups is 1. The van der Waals surface area contributed by atoms with Crippen LogP contribution < -0.4 is 16.2 Å². The lowest BCUT2D eigenvalue weighted by atomic mass is 10.1. The molecule has 3 N–H and O–H groups in total. The topological polar surface area (TPSA) is 83.4 Å². The van der Waals surface area contributed by atoms with Crippen molar-refractivity contribution in [2.45, 2.75) is 12.8 Å². The summed E-state index contributed by atoms with van der Waals surface area (Å²) in [5.41, 5.74) is 5.97. The van der Waals surface area contributed by atoms with Crippen molar-refractivity contribution >= 4 is 29.1 Å². The summed E-state index contributed by atoms with van der Waals surface area (Å²) in [4.78, 5) is 23.3. The van der Waals surface area contributed by atoms with Crippen LogP contribution in [-0.4, -0.2) is 16.9 Å². The van der Waals surface area contributed by atoms with Crippen LogP contribution in [0.4, 0.5) is 0 Å². The molecule has 0 bridgehead atoms. The van der Waals surface area contributed by atoms with E-state index >= 15 is 0 Å². The number of hydrogen-bond acceptors (Lipinski definition) is 4. The molecule has 0 fully saturated rings. The van der Waals surface area contributed by atoms with Crippen LogP contribution in [0, 0.1) is 0 Å². The Balaban J connectivity index is 1.67. The van der Waals surface area contributed by atoms with E-state index < -0.39 is 5.91 Å². The lowest BCUT2D eigenvalue weighted by Crippen LogP contribution is -2.48. The molecule has 0 aliphatic rings. The van der Waals surface area contributed by atoms with Crippen LogP contribution >= 0.6 is 12.2 Å². The number of rotatable bonds is 4. The number of thiocarbonyl (C=S) groups is 1. The van der Waals surface area contributed by atoms with E-state index in [0.29, 0.717) is 12.8 Å². The SMILES string of the molecule is O=C(CCc1ccccc1)NNC(=S)NC(=O)c1ccco1. The van der Waals surface area contributed by atoms with Gasteiger partial charge < -0.3 is 4.42 Å². The van der Waals surface area contributed by atoms with E-state index in [1.807, 2.05) is 30.3 Å². The maximum Gasteiger partial charge on any atom is 0.293 e. The van der Waals surface area contributed by atoms with Crippen molar-refractivity contribution in [3.05, 3.63) is 60.1 Å². The average molecular weight is 317 g/mol. The van der Waals surface area contributed by atoms with E-state index in [9.17, 15) is 9.59 Å². The van der Waals surface area contributed by atoms with Crippen LogP contribution in [0.2, 0.25) is 0 Å². The van der Waals surface area contributed by atoms with Gasteiger partial charge in [-0.15, -0.1) is 0 Å². The second-order valence-electron chi connectivity index (χ2n) is 4.42. The Hall–Kier alpha value is -2.67. The first-order valence-corrected chi connectivity index (χ1v) is 7.03. The van der Waals surface area contributed by atoms with Crippen LogP contribution in [0.25, 0.3) is 0 Å². The van der Waals surface area contributed by atoms with Crippen LogP contribution in [0.5, 0.6) is 0 Å². The second-order valence-corrected chi connectivity index (χ2v) is 4.83. The van der Waals surface area contributed by atoms with Crippen LogP contribution in [0.15, 0.2) is 53.1 Å². The first kappa shape index (κ1) is 15.7. The quantitative estimate of drug-likeness (QED) is 0.588. The molecule has 0 radical (unpaired) electrons. The maximum absolute atomic E-state index is 11.7. The number of carbonyl (C=O) groups is 2. The number of hydrogen-bond donors (Lipinski definition) is 3. The number of amides is 2. The van der Waals surface area contributed by atoms with Gasteiger partial charge in [-0.1, -0.05) is 30.3 Å². The first-order valence-electron chi connectivity index (χ1n) is 6.63. The summed E-state index contributed by atoms with van der Waals surface area (Å²) in [5, 5.41) is 2.38. The molecule has 1 heterocycles. The lowest BCUT2D eigenvalue weighted by Gasteiger charge is -2.10. The Labute approximate surface area is 132 Å². The molecule has 1 aromatic heterocycles. The standard InChI is InChI=1S/C15H15N3O3S/c19-13(9-8-11-5-2-1-3-6-11)17-18-15(22)16-14(20)12-7-4-10-21-12/h1-7,10H,8-9H2,(H,17,19)(H2,16,18,20,22). The zero-order valence-electron chi connectivity index (χ0n) is 11.7. The minimum absolute atomic E-state index is 0.00513. The number of furan rings is 1. The number of carbonyl (C=O) groups excluding carboxylic acids is 2. The molecule has 7 heteroatoms. The Bertz CT molecular complexity index is 641. The zero-order valence-corrected chi connectivity index (χ0v) is 12.5. The van der Waals surface area contributed by atoms with Crippen molar-refractivity contribution in [3.8, 4) is 0 Å². The monoisotopic (exact) mass is 317 g/mol. The molecule has 0 unspecified atom stereocenters. The molecule has 0 aliphatic carbocycles. The molecule has 2 aromatic rings. The van der Waals surface area contributed by atoms with Gasteiger partial charge in [-0.2, -0.15) is 0 Å². The maximum atomic E-state index is 11.7. The Morgan fingerprint density at radius 3 is 2.50 bits per heavy atom.